The number of ketones is 1. The first-order valence-corrected chi connectivity index (χ1v) is 11.4. The first kappa shape index (κ1) is 25.8. The Kier molecular flexibility index (Phi) is 12.5. The normalized spacial score (nSPS) is 14.2. The maximum atomic E-state index is 12.2. The number of rotatable bonds is 13. The van der Waals surface area contributed by atoms with Crippen LogP contribution >= 0.6 is 21.6 Å². The van der Waals surface area contributed by atoms with E-state index in [1.54, 1.807) is 54.5 Å². The zero-order chi connectivity index (χ0) is 21.0. The lowest BCUT2D eigenvalue weighted by Crippen LogP contribution is -2.44. The number of Topliss-reactive ketones (excluding diaryl/α,β-unsaturated/α-hetero) is 1. The summed E-state index contributed by atoms with van der Waals surface area (Å²) < 4.78 is -0.0705. The van der Waals surface area contributed by atoms with Crippen LogP contribution in [0.5, 0.6) is 0 Å². The standard InChI is InChI=1S/C20H34N2O3S2/c1-8-17(9-2)22-19(25)16(5)21-18(24)12-13-20(6,7)27-26-15(4)11-10-14(3)23/h8-9,15-16H,1,10-13H2,2-7H3,(H,21,24)(H,22,25)/b17-9+/t15?,16-/m0/s1. The topological polar surface area (TPSA) is 75.3 Å². The molecule has 27 heavy (non-hydrogen) atoms. The van der Waals surface area contributed by atoms with Crippen molar-refractivity contribution in [1.82, 2.24) is 10.6 Å². The van der Waals surface area contributed by atoms with Crippen LogP contribution in [0.15, 0.2) is 24.4 Å². The molecule has 0 aromatic heterocycles. The SMILES string of the molecule is C=C/C(=C\C)NC(=O)[C@H](C)NC(=O)CCC(C)(C)SSC(C)CCC(C)=O. The number of hydrogen-bond donors (Lipinski definition) is 2. The molecule has 0 aliphatic carbocycles. The Hall–Kier alpha value is -1.21. The minimum atomic E-state index is -0.607. The van der Waals surface area contributed by atoms with Crippen molar-refractivity contribution in [2.24, 2.45) is 0 Å². The van der Waals surface area contributed by atoms with Gasteiger partial charge in [-0.15, -0.1) is 0 Å². The Morgan fingerprint density at radius 2 is 1.81 bits per heavy atom. The van der Waals surface area contributed by atoms with Gasteiger partial charge in [-0.3, -0.25) is 9.59 Å². The fourth-order valence-corrected chi connectivity index (χ4v) is 4.63. The fourth-order valence-electron chi connectivity index (χ4n) is 1.99. The molecule has 0 saturated heterocycles. The molecule has 0 spiro atoms. The molecule has 5 nitrogen and oxygen atoms in total. The van der Waals surface area contributed by atoms with E-state index >= 15 is 0 Å². The van der Waals surface area contributed by atoms with Crippen molar-refractivity contribution in [2.45, 2.75) is 83.3 Å². The monoisotopic (exact) mass is 414 g/mol. The van der Waals surface area contributed by atoms with E-state index in [1.165, 1.54) is 0 Å². The number of allylic oxidation sites excluding steroid dienone is 2. The lowest BCUT2D eigenvalue weighted by atomic mass is 10.1. The Balaban J connectivity index is 4.28. The molecular weight excluding hydrogens is 380 g/mol. The van der Waals surface area contributed by atoms with Crippen LogP contribution in [-0.2, 0) is 14.4 Å². The predicted molar refractivity (Wildman–Crippen MR) is 118 cm³/mol. The summed E-state index contributed by atoms with van der Waals surface area (Å²) in [5, 5.41) is 5.83. The summed E-state index contributed by atoms with van der Waals surface area (Å²) in [4.78, 5) is 35.3. The number of hydrogen-bond acceptors (Lipinski definition) is 5. The number of nitrogens with one attached hydrogen (secondary N) is 2. The quantitative estimate of drug-likeness (QED) is 0.345. The minimum Gasteiger partial charge on any atom is -0.345 e. The smallest absolute Gasteiger partial charge is 0.246 e. The van der Waals surface area contributed by atoms with Crippen molar-refractivity contribution in [3.05, 3.63) is 24.4 Å². The van der Waals surface area contributed by atoms with E-state index in [9.17, 15) is 14.4 Å². The molecule has 7 heteroatoms. The first-order valence-electron chi connectivity index (χ1n) is 9.23. The van der Waals surface area contributed by atoms with E-state index in [2.05, 4.69) is 38.0 Å². The van der Waals surface area contributed by atoms with Crippen molar-refractivity contribution < 1.29 is 14.4 Å². The number of carbonyl (C=O) groups is 3. The molecule has 0 rings (SSSR count). The summed E-state index contributed by atoms with van der Waals surface area (Å²) in [5.41, 5.74) is 0.620. The van der Waals surface area contributed by atoms with Gasteiger partial charge in [-0.1, -0.05) is 41.2 Å². The van der Waals surface area contributed by atoms with Gasteiger partial charge in [0.1, 0.15) is 11.8 Å². The first-order chi connectivity index (χ1) is 12.5. The van der Waals surface area contributed by atoms with Gasteiger partial charge in [0, 0.05) is 28.5 Å². The molecule has 0 aliphatic heterocycles. The highest BCUT2D eigenvalue weighted by Gasteiger charge is 2.23. The molecule has 0 saturated carbocycles. The molecule has 0 fully saturated rings. The second-order valence-electron chi connectivity index (χ2n) is 7.22. The minimum absolute atomic E-state index is 0.0705. The van der Waals surface area contributed by atoms with Crippen molar-refractivity contribution in [3.63, 3.8) is 0 Å². The lowest BCUT2D eigenvalue weighted by Gasteiger charge is -2.25. The number of amides is 2. The van der Waals surface area contributed by atoms with Gasteiger partial charge >= 0.3 is 0 Å². The van der Waals surface area contributed by atoms with Gasteiger partial charge < -0.3 is 15.4 Å². The molecule has 2 amide bonds. The third-order valence-corrected chi connectivity index (χ3v) is 7.81. The summed E-state index contributed by atoms with van der Waals surface area (Å²) in [7, 11) is 3.51. The van der Waals surface area contributed by atoms with E-state index in [4.69, 9.17) is 0 Å². The molecule has 1 unspecified atom stereocenters. The van der Waals surface area contributed by atoms with Crippen molar-refractivity contribution in [2.75, 3.05) is 0 Å². The second-order valence-corrected chi connectivity index (χ2v) is 10.6. The van der Waals surface area contributed by atoms with Crippen LogP contribution in [0.4, 0.5) is 0 Å². The molecule has 2 atom stereocenters. The maximum absolute atomic E-state index is 12.2. The second kappa shape index (κ2) is 13.0. The van der Waals surface area contributed by atoms with Crippen LogP contribution in [0.25, 0.3) is 0 Å². The summed E-state index contributed by atoms with van der Waals surface area (Å²) in [6.45, 7) is 15.0. The Labute approximate surface area is 172 Å². The molecular formula is C20H34N2O3S2. The van der Waals surface area contributed by atoms with E-state index in [0.29, 0.717) is 30.2 Å². The van der Waals surface area contributed by atoms with Crippen molar-refractivity contribution >= 4 is 39.2 Å². The van der Waals surface area contributed by atoms with Gasteiger partial charge in [0.25, 0.3) is 0 Å². The van der Waals surface area contributed by atoms with Crippen LogP contribution in [0.2, 0.25) is 0 Å². The summed E-state index contributed by atoms with van der Waals surface area (Å²) >= 11 is 0. The highest BCUT2D eigenvalue weighted by molar-refractivity contribution is 8.77. The fraction of sp³-hybridized carbons (Fsp3) is 0.650. The summed E-state index contributed by atoms with van der Waals surface area (Å²) in [6, 6.07) is -0.607. The van der Waals surface area contributed by atoms with E-state index in [-0.39, 0.29) is 22.3 Å². The van der Waals surface area contributed by atoms with Gasteiger partial charge in [-0.25, -0.2) is 0 Å². The van der Waals surface area contributed by atoms with Gasteiger partial charge in [0.05, 0.1) is 0 Å². The van der Waals surface area contributed by atoms with Crippen LogP contribution < -0.4 is 10.6 Å². The predicted octanol–water partition coefficient (Wildman–Crippen LogP) is 4.40. The maximum Gasteiger partial charge on any atom is 0.246 e. The Bertz CT molecular complexity index is 559. The zero-order valence-electron chi connectivity index (χ0n) is 17.4. The third-order valence-electron chi connectivity index (χ3n) is 3.86. The van der Waals surface area contributed by atoms with Crippen molar-refractivity contribution in [3.8, 4) is 0 Å². The third kappa shape index (κ3) is 12.7. The largest absolute Gasteiger partial charge is 0.345 e. The highest BCUT2D eigenvalue weighted by atomic mass is 33.1. The summed E-state index contributed by atoms with van der Waals surface area (Å²) in [6.07, 6.45) is 5.85. The molecule has 2 N–H and O–H groups in total. The molecule has 0 aromatic rings. The van der Waals surface area contributed by atoms with Gasteiger partial charge in [0.2, 0.25) is 11.8 Å². The van der Waals surface area contributed by atoms with Crippen LogP contribution in [-0.4, -0.2) is 33.6 Å². The van der Waals surface area contributed by atoms with Crippen LogP contribution in [0.1, 0.15) is 67.2 Å². The summed E-state index contributed by atoms with van der Waals surface area (Å²) in [5.74, 6) is -0.183. The van der Waals surface area contributed by atoms with Gasteiger partial charge in [0.15, 0.2) is 0 Å². The zero-order valence-corrected chi connectivity index (χ0v) is 19.0. The molecule has 0 aliphatic rings. The van der Waals surface area contributed by atoms with Gasteiger partial charge in [-0.05, 0) is 53.5 Å². The van der Waals surface area contributed by atoms with E-state index < -0.39 is 6.04 Å². The molecule has 154 valence electrons. The molecule has 0 bridgehead atoms. The van der Waals surface area contributed by atoms with E-state index in [1.807, 2.05) is 0 Å². The van der Waals surface area contributed by atoms with Crippen LogP contribution in [0, 0.1) is 0 Å². The van der Waals surface area contributed by atoms with Gasteiger partial charge in [-0.2, -0.15) is 0 Å². The van der Waals surface area contributed by atoms with Crippen molar-refractivity contribution in [1.29, 1.82) is 0 Å². The number of carbonyl (C=O) groups excluding carboxylic acids is 3. The Morgan fingerprint density at radius 3 is 2.33 bits per heavy atom. The molecule has 0 heterocycles. The van der Waals surface area contributed by atoms with E-state index in [0.717, 1.165) is 6.42 Å². The highest BCUT2D eigenvalue weighted by Crippen LogP contribution is 2.42. The lowest BCUT2D eigenvalue weighted by molar-refractivity contribution is -0.128. The molecule has 0 radical (unpaired) electrons. The van der Waals surface area contributed by atoms with Crippen LogP contribution in [0.3, 0.4) is 0 Å². The average Bonchev–Trinajstić information content (AvgIpc) is 2.60. The Morgan fingerprint density at radius 1 is 1.19 bits per heavy atom. The molecule has 0 aromatic carbocycles. The average molecular weight is 415 g/mol.